The second kappa shape index (κ2) is 5.50. The molecule has 0 bridgehead atoms. The van der Waals surface area contributed by atoms with Crippen molar-refractivity contribution in [2.45, 2.75) is 26.4 Å². The van der Waals surface area contributed by atoms with Crippen LogP contribution >= 0.6 is 0 Å². The summed E-state index contributed by atoms with van der Waals surface area (Å²) in [6, 6.07) is 5.89. The highest BCUT2D eigenvalue weighted by Gasteiger charge is 2.22. The fourth-order valence-electron chi connectivity index (χ4n) is 2.24. The average molecular weight is 248 g/mol. The molecule has 4 nitrogen and oxygen atoms in total. The maximum absolute atomic E-state index is 11.9. The van der Waals surface area contributed by atoms with Crippen LogP contribution in [0.5, 0.6) is 0 Å². The van der Waals surface area contributed by atoms with Crippen molar-refractivity contribution < 1.29 is 9.90 Å². The van der Waals surface area contributed by atoms with Gasteiger partial charge < -0.3 is 10.4 Å². The number of anilines is 1. The van der Waals surface area contributed by atoms with E-state index in [-0.39, 0.29) is 12.0 Å². The molecule has 0 saturated carbocycles. The molecule has 1 saturated heterocycles. The summed E-state index contributed by atoms with van der Waals surface area (Å²) in [5, 5.41) is 12.3. The Hall–Kier alpha value is -1.39. The van der Waals surface area contributed by atoms with Gasteiger partial charge in [0.1, 0.15) is 0 Å². The predicted octanol–water partition coefficient (Wildman–Crippen LogP) is 1.31. The third-order valence-electron chi connectivity index (χ3n) is 3.49. The lowest BCUT2D eigenvalue weighted by Crippen LogP contribution is -2.32. The van der Waals surface area contributed by atoms with Gasteiger partial charge in [0.15, 0.2) is 0 Å². The van der Waals surface area contributed by atoms with Crippen LogP contribution < -0.4 is 5.32 Å². The molecule has 0 aliphatic carbocycles. The Balaban J connectivity index is 1.93. The average Bonchev–Trinajstić information content (AvgIpc) is 2.70. The first-order valence-corrected chi connectivity index (χ1v) is 6.33. The van der Waals surface area contributed by atoms with Crippen LogP contribution in [-0.2, 0) is 4.79 Å². The number of β-amino-alcohol motifs (C(OH)–C–C–N with tert-alkyl or cyclic N) is 1. The molecular weight excluding hydrogens is 228 g/mol. The number of aliphatic hydroxyl groups excluding tert-OH is 1. The Morgan fingerprint density at radius 3 is 2.94 bits per heavy atom. The minimum Gasteiger partial charge on any atom is -0.392 e. The number of carbonyl (C=O) groups excluding carboxylic acids is 1. The SMILES string of the molecule is Cc1cccc(NC(=O)CN2CC[C@@H](O)C2)c1C. The third-order valence-corrected chi connectivity index (χ3v) is 3.49. The minimum absolute atomic E-state index is 0.0159. The molecule has 2 rings (SSSR count). The Kier molecular flexibility index (Phi) is 3.99. The minimum atomic E-state index is -0.279. The van der Waals surface area contributed by atoms with Crippen LogP contribution in [0.15, 0.2) is 18.2 Å². The number of aliphatic hydroxyl groups is 1. The first kappa shape index (κ1) is 13.1. The van der Waals surface area contributed by atoms with Crippen molar-refractivity contribution in [2.24, 2.45) is 0 Å². The standard InChI is InChI=1S/C14H20N2O2/c1-10-4-3-5-13(11(10)2)15-14(18)9-16-7-6-12(17)8-16/h3-5,12,17H,6-9H2,1-2H3,(H,15,18)/t12-/m1/s1. The van der Waals surface area contributed by atoms with Crippen molar-refractivity contribution in [3.8, 4) is 0 Å². The van der Waals surface area contributed by atoms with E-state index < -0.39 is 0 Å². The molecule has 98 valence electrons. The first-order chi connectivity index (χ1) is 8.56. The number of hydrogen-bond donors (Lipinski definition) is 2. The van der Waals surface area contributed by atoms with Crippen molar-refractivity contribution in [3.63, 3.8) is 0 Å². The number of benzene rings is 1. The molecular formula is C14H20N2O2. The summed E-state index contributed by atoms with van der Waals surface area (Å²) in [5.74, 6) is -0.0159. The van der Waals surface area contributed by atoms with Gasteiger partial charge >= 0.3 is 0 Å². The Bertz CT molecular complexity index is 445. The van der Waals surface area contributed by atoms with Crippen LogP contribution in [0.3, 0.4) is 0 Å². The molecule has 4 heteroatoms. The lowest BCUT2D eigenvalue weighted by atomic mass is 10.1. The van der Waals surface area contributed by atoms with Gasteiger partial charge in [-0.1, -0.05) is 12.1 Å². The van der Waals surface area contributed by atoms with Crippen molar-refractivity contribution in [1.29, 1.82) is 0 Å². The molecule has 0 unspecified atom stereocenters. The molecule has 1 fully saturated rings. The van der Waals surface area contributed by atoms with E-state index >= 15 is 0 Å². The molecule has 1 aliphatic heterocycles. The molecule has 1 aromatic rings. The van der Waals surface area contributed by atoms with E-state index in [2.05, 4.69) is 5.32 Å². The van der Waals surface area contributed by atoms with E-state index in [4.69, 9.17) is 0 Å². The normalized spacial score (nSPS) is 20.1. The molecule has 18 heavy (non-hydrogen) atoms. The summed E-state index contributed by atoms with van der Waals surface area (Å²) in [6.45, 7) is 5.78. The highest BCUT2D eigenvalue weighted by atomic mass is 16.3. The van der Waals surface area contributed by atoms with E-state index in [0.717, 1.165) is 24.2 Å². The zero-order chi connectivity index (χ0) is 13.1. The van der Waals surface area contributed by atoms with Crippen LogP contribution in [0, 0.1) is 13.8 Å². The second-order valence-electron chi connectivity index (χ2n) is 4.97. The number of rotatable bonds is 3. The van der Waals surface area contributed by atoms with Gasteiger partial charge in [0.05, 0.1) is 12.6 Å². The zero-order valence-corrected chi connectivity index (χ0v) is 10.9. The van der Waals surface area contributed by atoms with Gasteiger partial charge in [0, 0.05) is 18.8 Å². The van der Waals surface area contributed by atoms with Gasteiger partial charge in [0.2, 0.25) is 5.91 Å². The van der Waals surface area contributed by atoms with E-state index in [1.807, 2.05) is 36.9 Å². The number of carbonyl (C=O) groups is 1. The van der Waals surface area contributed by atoms with E-state index in [1.165, 1.54) is 5.56 Å². The molecule has 2 N–H and O–H groups in total. The van der Waals surface area contributed by atoms with Crippen molar-refractivity contribution >= 4 is 11.6 Å². The van der Waals surface area contributed by atoms with Gasteiger partial charge in [-0.3, -0.25) is 9.69 Å². The number of nitrogens with zero attached hydrogens (tertiary/aromatic N) is 1. The van der Waals surface area contributed by atoms with Crippen LogP contribution in [0.1, 0.15) is 17.5 Å². The van der Waals surface area contributed by atoms with Crippen molar-refractivity contribution in [3.05, 3.63) is 29.3 Å². The molecule has 1 aromatic carbocycles. The van der Waals surface area contributed by atoms with E-state index in [9.17, 15) is 9.90 Å². The fraction of sp³-hybridized carbons (Fsp3) is 0.500. The monoisotopic (exact) mass is 248 g/mol. The lowest BCUT2D eigenvalue weighted by Gasteiger charge is -2.15. The summed E-state index contributed by atoms with van der Waals surface area (Å²) in [5.41, 5.74) is 3.15. The predicted molar refractivity (Wildman–Crippen MR) is 71.6 cm³/mol. The highest BCUT2D eigenvalue weighted by molar-refractivity contribution is 5.93. The zero-order valence-electron chi connectivity index (χ0n) is 10.9. The molecule has 1 atom stereocenters. The number of nitrogens with one attached hydrogen (secondary N) is 1. The summed E-state index contributed by atoms with van der Waals surface area (Å²) >= 11 is 0. The Morgan fingerprint density at radius 2 is 2.28 bits per heavy atom. The number of likely N-dealkylation sites (tertiary alicyclic amines) is 1. The lowest BCUT2D eigenvalue weighted by molar-refractivity contribution is -0.117. The molecule has 1 amide bonds. The summed E-state index contributed by atoms with van der Waals surface area (Å²) < 4.78 is 0. The van der Waals surface area contributed by atoms with Crippen LogP contribution in [-0.4, -0.2) is 41.7 Å². The molecule has 0 spiro atoms. The second-order valence-corrected chi connectivity index (χ2v) is 4.97. The van der Waals surface area contributed by atoms with Crippen molar-refractivity contribution in [1.82, 2.24) is 4.90 Å². The number of aryl methyl sites for hydroxylation is 1. The van der Waals surface area contributed by atoms with Crippen LogP contribution in [0.4, 0.5) is 5.69 Å². The van der Waals surface area contributed by atoms with Crippen molar-refractivity contribution in [2.75, 3.05) is 25.0 Å². The van der Waals surface area contributed by atoms with E-state index in [0.29, 0.717) is 13.1 Å². The van der Waals surface area contributed by atoms with Gasteiger partial charge in [-0.2, -0.15) is 0 Å². The molecule has 0 radical (unpaired) electrons. The fourth-order valence-corrected chi connectivity index (χ4v) is 2.24. The smallest absolute Gasteiger partial charge is 0.238 e. The largest absolute Gasteiger partial charge is 0.392 e. The van der Waals surface area contributed by atoms with Gasteiger partial charge in [-0.25, -0.2) is 0 Å². The quantitative estimate of drug-likeness (QED) is 0.848. The Labute approximate surface area is 108 Å². The summed E-state index contributed by atoms with van der Waals surface area (Å²) in [4.78, 5) is 13.9. The Morgan fingerprint density at radius 1 is 1.50 bits per heavy atom. The number of amides is 1. The van der Waals surface area contributed by atoms with Gasteiger partial charge in [0.25, 0.3) is 0 Å². The maximum Gasteiger partial charge on any atom is 0.238 e. The topological polar surface area (TPSA) is 52.6 Å². The highest BCUT2D eigenvalue weighted by Crippen LogP contribution is 2.18. The number of hydrogen-bond acceptors (Lipinski definition) is 3. The molecule has 1 heterocycles. The van der Waals surface area contributed by atoms with Gasteiger partial charge in [-0.15, -0.1) is 0 Å². The van der Waals surface area contributed by atoms with Gasteiger partial charge in [-0.05, 0) is 37.5 Å². The molecule has 0 aromatic heterocycles. The molecule has 1 aliphatic rings. The summed E-state index contributed by atoms with van der Waals surface area (Å²) in [6.07, 6.45) is 0.482. The summed E-state index contributed by atoms with van der Waals surface area (Å²) in [7, 11) is 0. The van der Waals surface area contributed by atoms with E-state index in [1.54, 1.807) is 0 Å². The third kappa shape index (κ3) is 3.09. The van der Waals surface area contributed by atoms with Crippen LogP contribution in [0.25, 0.3) is 0 Å². The first-order valence-electron chi connectivity index (χ1n) is 6.33. The van der Waals surface area contributed by atoms with Crippen LogP contribution in [0.2, 0.25) is 0 Å². The maximum atomic E-state index is 11.9.